The van der Waals surface area contributed by atoms with Gasteiger partial charge in [-0.05, 0) is 46.6 Å². The van der Waals surface area contributed by atoms with Crippen molar-refractivity contribution in [2.24, 2.45) is 0 Å². The van der Waals surface area contributed by atoms with Crippen LogP contribution in [-0.4, -0.2) is 28.8 Å². The first-order valence-electron chi connectivity index (χ1n) is 9.46. The van der Waals surface area contributed by atoms with Crippen LogP contribution in [0.4, 0.5) is 0 Å². The largest absolute Gasteiger partial charge is 0.349 e. The minimum atomic E-state index is -0.187. The molecule has 2 N–H and O–H groups in total. The Balaban J connectivity index is 1.83. The first-order valence-corrected chi connectivity index (χ1v) is 9.46. The highest BCUT2D eigenvalue weighted by molar-refractivity contribution is 6.15. The molecule has 0 bridgehead atoms. The van der Waals surface area contributed by atoms with E-state index in [0.29, 0.717) is 16.7 Å². The van der Waals surface area contributed by atoms with Gasteiger partial charge in [0.05, 0.1) is 5.56 Å². The lowest BCUT2D eigenvalue weighted by atomic mass is 9.79. The lowest BCUT2D eigenvalue weighted by Gasteiger charge is -2.46. The molecule has 0 spiro atoms. The Morgan fingerprint density at radius 3 is 1.96 bits per heavy atom. The molecule has 1 fully saturated rings. The van der Waals surface area contributed by atoms with Crippen molar-refractivity contribution in [1.82, 2.24) is 10.6 Å². The monoisotopic (exact) mass is 364 g/mol. The van der Waals surface area contributed by atoms with Crippen molar-refractivity contribution >= 4 is 11.7 Å². The van der Waals surface area contributed by atoms with Crippen molar-refractivity contribution in [2.45, 2.75) is 57.7 Å². The Kier molecular flexibility index (Phi) is 5.20. The van der Waals surface area contributed by atoms with E-state index in [-0.39, 0.29) is 28.8 Å². The number of piperidine rings is 1. The molecule has 0 aromatic heterocycles. The molecular formula is C23H28N2O2. The number of benzene rings is 2. The highest BCUT2D eigenvalue weighted by Gasteiger charge is 2.38. The van der Waals surface area contributed by atoms with Crippen molar-refractivity contribution in [3.05, 3.63) is 71.3 Å². The molecule has 1 heterocycles. The van der Waals surface area contributed by atoms with Crippen LogP contribution in [0.5, 0.6) is 0 Å². The number of amides is 1. The summed E-state index contributed by atoms with van der Waals surface area (Å²) in [7, 11) is 0. The maximum Gasteiger partial charge on any atom is 0.252 e. The Bertz CT molecular complexity index is 824. The minimum Gasteiger partial charge on any atom is -0.349 e. The number of carbonyl (C=O) groups is 2. The van der Waals surface area contributed by atoms with E-state index >= 15 is 0 Å². The second-order valence-corrected chi connectivity index (χ2v) is 8.71. The number of carbonyl (C=O) groups excluding carboxylic acids is 2. The summed E-state index contributed by atoms with van der Waals surface area (Å²) < 4.78 is 0. The zero-order valence-corrected chi connectivity index (χ0v) is 16.5. The zero-order chi connectivity index (χ0) is 19.7. The quantitative estimate of drug-likeness (QED) is 0.808. The maximum absolute atomic E-state index is 13.0. The highest BCUT2D eigenvalue weighted by Crippen LogP contribution is 2.29. The van der Waals surface area contributed by atoms with Gasteiger partial charge < -0.3 is 10.6 Å². The van der Waals surface area contributed by atoms with Gasteiger partial charge in [-0.15, -0.1) is 0 Å². The minimum absolute atomic E-state index is 0.0565. The van der Waals surface area contributed by atoms with Crippen molar-refractivity contribution in [1.29, 1.82) is 0 Å². The second kappa shape index (κ2) is 7.28. The van der Waals surface area contributed by atoms with E-state index in [2.05, 4.69) is 38.3 Å². The molecule has 0 aliphatic carbocycles. The summed E-state index contributed by atoms with van der Waals surface area (Å²) in [5.41, 5.74) is 1.34. The topological polar surface area (TPSA) is 58.2 Å². The molecule has 4 heteroatoms. The van der Waals surface area contributed by atoms with Crippen LogP contribution >= 0.6 is 0 Å². The van der Waals surface area contributed by atoms with Gasteiger partial charge in [0.25, 0.3) is 5.91 Å². The van der Waals surface area contributed by atoms with Gasteiger partial charge in [0.15, 0.2) is 5.78 Å². The van der Waals surface area contributed by atoms with Crippen molar-refractivity contribution < 1.29 is 9.59 Å². The summed E-state index contributed by atoms with van der Waals surface area (Å²) in [4.78, 5) is 25.9. The third-order valence-electron chi connectivity index (χ3n) is 4.98. The molecule has 3 rings (SSSR count). The number of ketones is 1. The molecule has 4 nitrogen and oxygen atoms in total. The van der Waals surface area contributed by atoms with E-state index in [0.717, 1.165) is 12.8 Å². The van der Waals surface area contributed by atoms with Crippen LogP contribution in [0.3, 0.4) is 0 Å². The molecule has 142 valence electrons. The van der Waals surface area contributed by atoms with E-state index < -0.39 is 0 Å². The van der Waals surface area contributed by atoms with Gasteiger partial charge in [0, 0.05) is 28.2 Å². The summed E-state index contributed by atoms with van der Waals surface area (Å²) in [6.45, 7) is 8.61. The third-order valence-corrected chi connectivity index (χ3v) is 4.98. The fourth-order valence-corrected chi connectivity index (χ4v) is 4.31. The average Bonchev–Trinajstić information content (AvgIpc) is 2.59. The van der Waals surface area contributed by atoms with Crippen LogP contribution < -0.4 is 10.6 Å². The van der Waals surface area contributed by atoms with Crippen LogP contribution in [0.15, 0.2) is 54.6 Å². The maximum atomic E-state index is 13.0. The van der Waals surface area contributed by atoms with Crippen LogP contribution in [0.2, 0.25) is 0 Å². The average molecular weight is 364 g/mol. The van der Waals surface area contributed by atoms with E-state index in [1.807, 2.05) is 18.2 Å². The number of hydrogen-bond donors (Lipinski definition) is 2. The Morgan fingerprint density at radius 2 is 1.37 bits per heavy atom. The van der Waals surface area contributed by atoms with Gasteiger partial charge in [-0.25, -0.2) is 0 Å². The SMILES string of the molecule is CC1(C)CC(NC(=O)c2ccccc2C(=O)c2ccccc2)CC(C)(C)N1. The van der Waals surface area contributed by atoms with Gasteiger partial charge in [-0.1, -0.05) is 48.5 Å². The van der Waals surface area contributed by atoms with Crippen molar-refractivity contribution in [2.75, 3.05) is 0 Å². The summed E-state index contributed by atoms with van der Waals surface area (Å²) >= 11 is 0. The first kappa shape index (κ1) is 19.3. The fourth-order valence-electron chi connectivity index (χ4n) is 4.31. The van der Waals surface area contributed by atoms with Crippen molar-refractivity contribution in [3.63, 3.8) is 0 Å². The molecule has 0 unspecified atom stereocenters. The van der Waals surface area contributed by atoms with Gasteiger partial charge in [0.1, 0.15) is 0 Å². The smallest absolute Gasteiger partial charge is 0.252 e. The lowest BCUT2D eigenvalue weighted by Crippen LogP contribution is -2.62. The third kappa shape index (κ3) is 4.64. The summed E-state index contributed by atoms with van der Waals surface area (Å²) in [6.07, 6.45) is 1.69. The Morgan fingerprint density at radius 1 is 0.852 bits per heavy atom. The molecule has 1 aliphatic rings. The van der Waals surface area contributed by atoms with E-state index in [4.69, 9.17) is 0 Å². The number of hydrogen-bond acceptors (Lipinski definition) is 3. The van der Waals surface area contributed by atoms with Crippen LogP contribution in [0.25, 0.3) is 0 Å². The molecule has 1 saturated heterocycles. The Labute approximate surface area is 161 Å². The molecule has 1 amide bonds. The number of nitrogens with one attached hydrogen (secondary N) is 2. The molecule has 0 saturated carbocycles. The van der Waals surface area contributed by atoms with Crippen LogP contribution in [-0.2, 0) is 0 Å². The van der Waals surface area contributed by atoms with E-state index in [1.54, 1.807) is 36.4 Å². The van der Waals surface area contributed by atoms with Gasteiger partial charge in [-0.3, -0.25) is 9.59 Å². The van der Waals surface area contributed by atoms with Crippen molar-refractivity contribution in [3.8, 4) is 0 Å². The molecule has 1 aliphatic heterocycles. The van der Waals surface area contributed by atoms with Gasteiger partial charge >= 0.3 is 0 Å². The zero-order valence-electron chi connectivity index (χ0n) is 16.5. The van der Waals surface area contributed by atoms with Gasteiger partial charge in [0.2, 0.25) is 0 Å². The normalized spacial score (nSPS) is 18.7. The molecule has 0 radical (unpaired) electrons. The van der Waals surface area contributed by atoms with E-state index in [9.17, 15) is 9.59 Å². The van der Waals surface area contributed by atoms with Crippen LogP contribution in [0, 0.1) is 0 Å². The van der Waals surface area contributed by atoms with Crippen LogP contribution in [0.1, 0.15) is 66.8 Å². The summed E-state index contributed by atoms with van der Waals surface area (Å²) in [5.74, 6) is -0.319. The molecule has 27 heavy (non-hydrogen) atoms. The fraction of sp³-hybridized carbons (Fsp3) is 0.391. The second-order valence-electron chi connectivity index (χ2n) is 8.71. The standard InChI is InChI=1S/C23H28N2O2/c1-22(2)14-17(15-23(3,4)25-22)24-21(27)19-13-9-8-12-18(19)20(26)16-10-6-5-7-11-16/h5-13,17,25H,14-15H2,1-4H3,(H,24,27). The van der Waals surface area contributed by atoms with Gasteiger partial charge in [-0.2, -0.15) is 0 Å². The molecule has 0 atom stereocenters. The molecule has 2 aromatic carbocycles. The summed E-state index contributed by atoms with van der Waals surface area (Å²) in [5, 5.41) is 6.78. The Hall–Kier alpha value is -2.46. The highest BCUT2D eigenvalue weighted by atomic mass is 16.2. The lowest BCUT2D eigenvalue weighted by molar-refractivity contribution is 0.0866. The number of rotatable bonds is 4. The summed E-state index contributed by atoms with van der Waals surface area (Å²) in [6, 6.07) is 16.2. The predicted octanol–water partition coefficient (Wildman–Crippen LogP) is 3.96. The molecule has 2 aromatic rings. The molecular weight excluding hydrogens is 336 g/mol. The van der Waals surface area contributed by atoms with E-state index in [1.165, 1.54) is 0 Å². The first-order chi connectivity index (χ1) is 12.7. The predicted molar refractivity (Wildman–Crippen MR) is 108 cm³/mol.